The third-order valence-corrected chi connectivity index (χ3v) is 3.23. The molecule has 0 amide bonds. The molecule has 1 N–H and O–H groups in total. The number of nitrogens with one attached hydrogen (secondary N) is 1. The molecule has 0 aliphatic carbocycles. The van der Waals surface area contributed by atoms with Gasteiger partial charge in [-0.1, -0.05) is 0 Å². The molecular formula is C15H15N3O3. The summed E-state index contributed by atoms with van der Waals surface area (Å²) in [5.74, 6) is 0.898. The Morgan fingerprint density at radius 2 is 2.14 bits per heavy atom. The molecule has 0 saturated heterocycles. The second-order valence-corrected chi connectivity index (χ2v) is 4.87. The van der Waals surface area contributed by atoms with Crippen LogP contribution in [0.25, 0.3) is 0 Å². The van der Waals surface area contributed by atoms with Gasteiger partial charge < -0.3 is 14.8 Å². The molecule has 21 heavy (non-hydrogen) atoms. The van der Waals surface area contributed by atoms with Crippen LogP contribution in [0.15, 0.2) is 30.6 Å². The van der Waals surface area contributed by atoms with Gasteiger partial charge in [0, 0.05) is 24.5 Å². The molecule has 1 aliphatic rings. The summed E-state index contributed by atoms with van der Waals surface area (Å²) in [6, 6.07) is 5.87. The quantitative estimate of drug-likeness (QED) is 0.872. The molecule has 2 heterocycles. The van der Waals surface area contributed by atoms with E-state index in [4.69, 9.17) is 4.74 Å². The lowest BCUT2D eigenvalue weighted by Crippen LogP contribution is -2.05. The summed E-state index contributed by atoms with van der Waals surface area (Å²) in [6.07, 6.45) is 3.97. The number of carbonyl (C=O) groups is 1. The fraction of sp³-hybridized carbons (Fsp3) is 0.267. The number of rotatable bonds is 3. The van der Waals surface area contributed by atoms with E-state index in [2.05, 4.69) is 20.0 Å². The average Bonchev–Trinajstić information content (AvgIpc) is 2.86. The van der Waals surface area contributed by atoms with Crippen molar-refractivity contribution in [2.75, 3.05) is 12.4 Å². The first-order valence-electron chi connectivity index (χ1n) is 6.62. The zero-order chi connectivity index (χ0) is 14.8. The van der Waals surface area contributed by atoms with Gasteiger partial charge in [0.25, 0.3) is 0 Å². The highest BCUT2D eigenvalue weighted by molar-refractivity contribution is 5.88. The van der Waals surface area contributed by atoms with Gasteiger partial charge >= 0.3 is 5.97 Å². The van der Waals surface area contributed by atoms with Gasteiger partial charge in [-0.3, -0.25) is 0 Å². The molecule has 6 heteroatoms. The molecule has 0 saturated carbocycles. The molecule has 0 radical (unpaired) electrons. The molecule has 1 aromatic heterocycles. The van der Waals surface area contributed by atoms with Crippen molar-refractivity contribution in [3.05, 3.63) is 41.7 Å². The second kappa shape index (κ2) is 5.40. The van der Waals surface area contributed by atoms with Gasteiger partial charge in [-0.05, 0) is 30.7 Å². The van der Waals surface area contributed by atoms with Crippen LogP contribution in [-0.2, 0) is 11.2 Å². The van der Waals surface area contributed by atoms with E-state index in [1.165, 1.54) is 25.1 Å². The SMILES string of the molecule is COC(=O)c1cnc(Nc2ccc3c(c2)CC(C)O3)nc1. The Morgan fingerprint density at radius 1 is 1.38 bits per heavy atom. The maximum atomic E-state index is 11.3. The van der Waals surface area contributed by atoms with E-state index in [1.807, 2.05) is 25.1 Å². The van der Waals surface area contributed by atoms with Crippen molar-refractivity contribution in [3.63, 3.8) is 0 Å². The van der Waals surface area contributed by atoms with E-state index in [0.717, 1.165) is 17.9 Å². The molecule has 3 rings (SSSR count). The fourth-order valence-corrected chi connectivity index (χ4v) is 2.24. The first kappa shape index (κ1) is 13.4. The van der Waals surface area contributed by atoms with Gasteiger partial charge in [0.05, 0.1) is 12.7 Å². The summed E-state index contributed by atoms with van der Waals surface area (Å²) in [5.41, 5.74) is 2.37. The van der Waals surface area contributed by atoms with Crippen molar-refractivity contribution in [2.45, 2.75) is 19.4 Å². The zero-order valence-electron chi connectivity index (χ0n) is 11.8. The van der Waals surface area contributed by atoms with Crippen LogP contribution < -0.4 is 10.1 Å². The molecule has 108 valence electrons. The van der Waals surface area contributed by atoms with Crippen LogP contribution in [0, 0.1) is 0 Å². The van der Waals surface area contributed by atoms with Crippen molar-refractivity contribution >= 4 is 17.6 Å². The third kappa shape index (κ3) is 2.79. The lowest BCUT2D eigenvalue weighted by molar-refractivity contribution is 0.0600. The molecule has 6 nitrogen and oxygen atoms in total. The third-order valence-electron chi connectivity index (χ3n) is 3.23. The minimum absolute atomic E-state index is 0.214. The van der Waals surface area contributed by atoms with Crippen molar-refractivity contribution in [1.29, 1.82) is 0 Å². The van der Waals surface area contributed by atoms with E-state index in [0.29, 0.717) is 11.5 Å². The van der Waals surface area contributed by atoms with Crippen LogP contribution in [-0.4, -0.2) is 29.2 Å². The molecule has 0 spiro atoms. The number of ether oxygens (including phenoxy) is 2. The van der Waals surface area contributed by atoms with Crippen LogP contribution in [0.5, 0.6) is 5.75 Å². The van der Waals surface area contributed by atoms with Gasteiger partial charge in [-0.2, -0.15) is 0 Å². The van der Waals surface area contributed by atoms with Gasteiger partial charge in [-0.15, -0.1) is 0 Å². The van der Waals surface area contributed by atoms with E-state index >= 15 is 0 Å². The predicted molar refractivity (Wildman–Crippen MR) is 76.9 cm³/mol. The van der Waals surface area contributed by atoms with Crippen LogP contribution in [0.4, 0.5) is 11.6 Å². The molecule has 0 bridgehead atoms. The minimum atomic E-state index is -0.454. The average molecular weight is 285 g/mol. The standard InChI is InChI=1S/C15H15N3O3/c1-9-5-10-6-12(3-4-13(10)21-9)18-15-16-7-11(8-17-15)14(19)20-2/h3-4,6-9H,5H2,1-2H3,(H,16,17,18). The Kier molecular flexibility index (Phi) is 3.43. The number of methoxy groups -OCH3 is 1. The van der Waals surface area contributed by atoms with E-state index in [1.54, 1.807) is 0 Å². The van der Waals surface area contributed by atoms with Crippen molar-refractivity contribution in [2.24, 2.45) is 0 Å². The first-order valence-corrected chi connectivity index (χ1v) is 6.62. The van der Waals surface area contributed by atoms with Crippen LogP contribution in [0.3, 0.4) is 0 Å². The topological polar surface area (TPSA) is 73.3 Å². The summed E-state index contributed by atoms with van der Waals surface area (Å²) >= 11 is 0. The number of hydrogen-bond donors (Lipinski definition) is 1. The largest absolute Gasteiger partial charge is 0.490 e. The number of aromatic nitrogens is 2. The van der Waals surface area contributed by atoms with Gasteiger partial charge in [-0.25, -0.2) is 14.8 Å². The number of nitrogens with zero attached hydrogens (tertiary/aromatic N) is 2. The highest BCUT2D eigenvalue weighted by Crippen LogP contribution is 2.31. The second-order valence-electron chi connectivity index (χ2n) is 4.87. The zero-order valence-corrected chi connectivity index (χ0v) is 11.8. The monoisotopic (exact) mass is 285 g/mol. The first-order chi connectivity index (χ1) is 10.2. The smallest absolute Gasteiger partial charge is 0.341 e. The molecule has 1 unspecified atom stereocenters. The van der Waals surface area contributed by atoms with Crippen LogP contribution in [0.2, 0.25) is 0 Å². The number of carbonyl (C=O) groups excluding carboxylic acids is 1. The summed E-state index contributed by atoms with van der Waals surface area (Å²) < 4.78 is 10.3. The Bertz CT molecular complexity index is 670. The van der Waals surface area contributed by atoms with Gasteiger partial charge in [0.2, 0.25) is 5.95 Å². The molecule has 2 aromatic rings. The van der Waals surface area contributed by atoms with E-state index in [9.17, 15) is 4.79 Å². The number of hydrogen-bond acceptors (Lipinski definition) is 6. The minimum Gasteiger partial charge on any atom is -0.490 e. The highest BCUT2D eigenvalue weighted by atomic mass is 16.5. The Labute approximate surface area is 122 Å². The lowest BCUT2D eigenvalue weighted by Gasteiger charge is -2.07. The normalized spacial score (nSPS) is 16.0. The van der Waals surface area contributed by atoms with Crippen LogP contribution >= 0.6 is 0 Å². The molecule has 1 aromatic carbocycles. The fourth-order valence-electron chi connectivity index (χ4n) is 2.24. The molecule has 1 aliphatic heterocycles. The molecule has 1 atom stereocenters. The van der Waals surface area contributed by atoms with Gasteiger partial charge in [0.15, 0.2) is 0 Å². The Balaban J connectivity index is 1.75. The predicted octanol–water partition coefficient (Wildman–Crippen LogP) is 2.33. The number of benzene rings is 1. The van der Waals surface area contributed by atoms with E-state index < -0.39 is 5.97 Å². The highest BCUT2D eigenvalue weighted by Gasteiger charge is 2.19. The van der Waals surface area contributed by atoms with Crippen molar-refractivity contribution in [3.8, 4) is 5.75 Å². The van der Waals surface area contributed by atoms with Crippen molar-refractivity contribution < 1.29 is 14.3 Å². The summed E-state index contributed by atoms with van der Waals surface area (Å²) in [7, 11) is 1.32. The maximum Gasteiger partial charge on any atom is 0.341 e. The van der Waals surface area contributed by atoms with Gasteiger partial charge in [0.1, 0.15) is 11.9 Å². The summed E-state index contributed by atoms with van der Waals surface area (Å²) in [4.78, 5) is 19.5. The summed E-state index contributed by atoms with van der Waals surface area (Å²) in [5, 5.41) is 3.10. The van der Waals surface area contributed by atoms with E-state index in [-0.39, 0.29) is 6.10 Å². The number of esters is 1. The van der Waals surface area contributed by atoms with Crippen molar-refractivity contribution in [1.82, 2.24) is 9.97 Å². The lowest BCUT2D eigenvalue weighted by atomic mass is 10.1. The Morgan fingerprint density at radius 3 is 2.86 bits per heavy atom. The molecular weight excluding hydrogens is 270 g/mol. The maximum absolute atomic E-state index is 11.3. The van der Waals surface area contributed by atoms with Crippen LogP contribution in [0.1, 0.15) is 22.8 Å². The number of fused-ring (bicyclic) bond motifs is 1. The Hall–Kier alpha value is -2.63. The summed E-state index contributed by atoms with van der Waals surface area (Å²) in [6.45, 7) is 2.04. The molecule has 0 fully saturated rings. The number of anilines is 2.